The number of likely N-dealkylation sites (tertiary alicyclic amines) is 1. The highest BCUT2D eigenvalue weighted by Gasteiger charge is 2.27. The van der Waals surface area contributed by atoms with Crippen molar-refractivity contribution >= 4 is 35.9 Å². The Bertz CT molecular complexity index is 497. The van der Waals surface area contributed by atoms with Gasteiger partial charge >= 0.3 is 5.97 Å². The second-order valence-corrected chi connectivity index (χ2v) is 8.65. The van der Waals surface area contributed by atoms with Gasteiger partial charge < -0.3 is 20.3 Å². The number of rotatable bonds is 8. The Morgan fingerprint density at radius 3 is 2.34 bits per heavy atom. The summed E-state index contributed by atoms with van der Waals surface area (Å²) >= 11 is 0. The molecule has 2 aliphatic carbocycles. The molecule has 0 aromatic heterocycles. The summed E-state index contributed by atoms with van der Waals surface area (Å²) in [6.07, 6.45) is 13.9. The molecule has 7 heteroatoms. The Morgan fingerprint density at radius 1 is 1.03 bits per heavy atom. The van der Waals surface area contributed by atoms with Crippen molar-refractivity contribution < 1.29 is 9.53 Å². The van der Waals surface area contributed by atoms with E-state index >= 15 is 0 Å². The number of hydrogen-bond acceptors (Lipinski definition) is 4. The molecule has 0 atom stereocenters. The molecule has 1 aliphatic heterocycles. The van der Waals surface area contributed by atoms with Crippen molar-refractivity contribution in [3.63, 3.8) is 0 Å². The van der Waals surface area contributed by atoms with Crippen LogP contribution in [0.2, 0.25) is 0 Å². The van der Waals surface area contributed by atoms with E-state index in [1.165, 1.54) is 64.5 Å². The molecule has 6 nitrogen and oxygen atoms in total. The van der Waals surface area contributed by atoms with Gasteiger partial charge in [-0.05, 0) is 64.7 Å². The summed E-state index contributed by atoms with van der Waals surface area (Å²) in [7, 11) is 0. The van der Waals surface area contributed by atoms with Crippen molar-refractivity contribution in [3.05, 3.63) is 0 Å². The smallest absolute Gasteiger partial charge is 0.306 e. The average Bonchev–Trinajstić information content (AvgIpc) is 3.40. The highest BCUT2D eigenvalue weighted by molar-refractivity contribution is 14.0. The van der Waals surface area contributed by atoms with E-state index in [2.05, 4.69) is 27.4 Å². The van der Waals surface area contributed by atoms with Gasteiger partial charge in [-0.15, -0.1) is 24.0 Å². The SMILES string of the molecule is CCNC(=NCCCC(=O)OC1CCCC1)NC1CCN(C2CCCC2)CC1.I. The number of hydrogen-bond donors (Lipinski definition) is 2. The second-order valence-electron chi connectivity index (χ2n) is 8.65. The number of guanidine groups is 1. The second kappa shape index (κ2) is 13.7. The molecule has 3 fully saturated rings. The fourth-order valence-corrected chi connectivity index (χ4v) is 4.86. The lowest BCUT2D eigenvalue weighted by Crippen LogP contribution is -2.50. The fourth-order valence-electron chi connectivity index (χ4n) is 4.86. The van der Waals surface area contributed by atoms with E-state index in [0.29, 0.717) is 19.0 Å². The minimum Gasteiger partial charge on any atom is -0.462 e. The third-order valence-corrected chi connectivity index (χ3v) is 6.46. The van der Waals surface area contributed by atoms with Gasteiger partial charge in [0, 0.05) is 44.7 Å². The van der Waals surface area contributed by atoms with Gasteiger partial charge in [0.25, 0.3) is 0 Å². The van der Waals surface area contributed by atoms with Gasteiger partial charge in [-0.25, -0.2) is 0 Å². The summed E-state index contributed by atoms with van der Waals surface area (Å²) in [5.74, 6) is 0.838. The first-order valence-electron chi connectivity index (χ1n) is 11.7. The Kier molecular flexibility index (Phi) is 11.6. The standard InChI is InChI=1S/C22H40N4O2.HI/c1-2-23-22(24-15-7-12-21(27)28-20-10-5-6-11-20)25-18-13-16-26(17-14-18)19-8-3-4-9-19;/h18-20H,2-17H2,1H3,(H2,23,24,25);1H. The third-order valence-electron chi connectivity index (χ3n) is 6.46. The lowest BCUT2D eigenvalue weighted by molar-refractivity contribution is -0.148. The van der Waals surface area contributed by atoms with E-state index in [1.54, 1.807) is 0 Å². The molecule has 0 radical (unpaired) electrons. The summed E-state index contributed by atoms with van der Waals surface area (Å²) in [6.45, 7) is 6.02. The Balaban J connectivity index is 0.00000300. The monoisotopic (exact) mass is 520 g/mol. The molecule has 0 aromatic carbocycles. The fraction of sp³-hybridized carbons (Fsp3) is 0.909. The molecule has 29 heavy (non-hydrogen) atoms. The zero-order valence-corrected chi connectivity index (χ0v) is 20.5. The van der Waals surface area contributed by atoms with Gasteiger partial charge in [0.2, 0.25) is 0 Å². The molecule has 0 unspecified atom stereocenters. The highest BCUT2D eigenvalue weighted by Crippen LogP contribution is 2.26. The van der Waals surface area contributed by atoms with Crippen LogP contribution >= 0.6 is 24.0 Å². The predicted octanol–water partition coefficient (Wildman–Crippen LogP) is 3.83. The number of halogens is 1. The van der Waals surface area contributed by atoms with Crippen LogP contribution in [-0.4, -0.2) is 61.2 Å². The Labute approximate surface area is 194 Å². The van der Waals surface area contributed by atoms with Gasteiger partial charge in [0.1, 0.15) is 6.10 Å². The number of nitrogens with zero attached hydrogens (tertiary/aromatic N) is 2. The van der Waals surface area contributed by atoms with Crippen molar-refractivity contribution in [1.29, 1.82) is 0 Å². The molecule has 1 heterocycles. The maximum atomic E-state index is 11.9. The van der Waals surface area contributed by atoms with E-state index in [9.17, 15) is 4.79 Å². The summed E-state index contributed by atoms with van der Waals surface area (Å²) < 4.78 is 5.52. The lowest BCUT2D eigenvalue weighted by atomic mass is 10.0. The van der Waals surface area contributed by atoms with Gasteiger partial charge in [0.15, 0.2) is 5.96 Å². The Hall–Kier alpha value is -0.570. The van der Waals surface area contributed by atoms with Crippen molar-refractivity contribution in [1.82, 2.24) is 15.5 Å². The van der Waals surface area contributed by atoms with Crippen LogP contribution in [-0.2, 0) is 9.53 Å². The van der Waals surface area contributed by atoms with E-state index in [-0.39, 0.29) is 36.0 Å². The average molecular weight is 521 g/mol. The summed E-state index contributed by atoms with van der Waals surface area (Å²) in [5, 5.41) is 6.96. The molecule has 3 rings (SSSR count). The molecule has 1 saturated heterocycles. The van der Waals surface area contributed by atoms with Crippen molar-refractivity contribution in [2.75, 3.05) is 26.2 Å². The number of aliphatic imine (C=N–C) groups is 1. The normalized spacial score (nSPS) is 22.4. The van der Waals surface area contributed by atoms with Crippen molar-refractivity contribution in [2.24, 2.45) is 4.99 Å². The molecule has 3 aliphatic rings. The van der Waals surface area contributed by atoms with Crippen LogP contribution in [0.15, 0.2) is 4.99 Å². The molecule has 2 saturated carbocycles. The Morgan fingerprint density at radius 2 is 1.69 bits per heavy atom. The van der Waals surface area contributed by atoms with Crippen LogP contribution in [0.25, 0.3) is 0 Å². The van der Waals surface area contributed by atoms with Gasteiger partial charge in [-0.3, -0.25) is 9.79 Å². The zero-order chi connectivity index (χ0) is 19.6. The third kappa shape index (κ3) is 8.59. The number of ether oxygens (including phenoxy) is 1. The molecule has 0 spiro atoms. The van der Waals surface area contributed by atoms with Gasteiger partial charge in [0.05, 0.1) is 0 Å². The lowest BCUT2D eigenvalue weighted by Gasteiger charge is -2.36. The van der Waals surface area contributed by atoms with Gasteiger partial charge in [-0.2, -0.15) is 0 Å². The largest absolute Gasteiger partial charge is 0.462 e. The highest BCUT2D eigenvalue weighted by atomic mass is 127. The minimum absolute atomic E-state index is 0. The number of esters is 1. The maximum Gasteiger partial charge on any atom is 0.306 e. The molecular weight excluding hydrogens is 479 g/mol. The number of piperidine rings is 1. The predicted molar refractivity (Wildman–Crippen MR) is 129 cm³/mol. The summed E-state index contributed by atoms with van der Waals surface area (Å²) in [5.41, 5.74) is 0. The van der Waals surface area contributed by atoms with Crippen LogP contribution in [0.5, 0.6) is 0 Å². The molecule has 0 aromatic rings. The number of carbonyl (C=O) groups excluding carboxylic acids is 1. The van der Waals surface area contributed by atoms with Crippen LogP contribution in [0, 0.1) is 0 Å². The molecule has 2 N–H and O–H groups in total. The first-order valence-corrected chi connectivity index (χ1v) is 11.7. The van der Waals surface area contributed by atoms with Crippen LogP contribution in [0.4, 0.5) is 0 Å². The van der Waals surface area contributed by atoms with E-state index < -0.39 is 0 Å². The first kappa shape index (κ1) is 24.7. The van der Waals surface area contributed by atoms with Crippen LogP contribution in [0.1, 0.15) is 84.0 Å². The molecular formula is C22H41IN4O2. The quantitative estimate of drug-likeness (QED) is 0.168. The number of carbonyl (C=O) groups is 1. The van der Waals surface area contributed by atoms with Crippen molar-refractivity contribution in [2.45, 2.75) is 102 Å². The summed E-state index contributed by atoms with van der Waals surface area (Å²) in [4.78, 5) is 19.3. The maximum absolute atomic E-state index is 11.9. The first-order chi connectivity index (χ1) is 13.7. The van der Waals surface area contributed by atoms with Crippen molar-refractivity contribution in [3.8, 4) is 0 Å². The minimum atomic E-state index is -0.0562. The van der Waals surface area contributed by atoms with E-state index in [1.807, 2.05) is 0 Å². The van der Waals surface area contributed by atoms with E-state index in [0.717, 1.165) is 37.8 Å². The molecule has 0 bridgehead atoms. The van der Waals surface area contributed by atoms with Crippen LogP contribution in [0.3, 0.4) is 0 Å². The summed E-state index contributed by atoms with van der Waals surface area (Å²) in [6, 6.07) is 1.34. The number of nitrogens with one attached hydrogen (secondary N) is 2. The van der Waals surface area contributed by atoms with Crippen LogP contribution < -0.4 is 10.6 Å². The van der Waals surface area contributed by atoms with E-state index in [4.69, 9.17) is 4.74 Å². The molecule has 168 valence electrons. The van der Waals surface area contributed by atoms with Gasteiger partial charge in [-0.1, -0.05) is 12.8 Å². The zero-order valence-electron chi connectivity index (χ0n) is 18.2. The topological polar surface area (TPSA) is 66.0 Å². The molecule has 0 amide bonds.